The summed E-state index contributed by atoms with van der Waals surface area (Å²) in [6.07, 6.45) is 0. The predicted molar refractivity (Wildman–Crippen MR) is 115 cm³/mol. The quantitative estimate of drug-likeness (QED) is 0.257. The predicted octanol–water partition coefficient (Wildman–Crippen LogP) is 6.07. The molecule has 0 unspecified atom stereocenters. The molecule has 1 heterocycles. The molecule has 4 nitrogen and oxygen atoms in total. The number of nitrogens with zero attached hydrogens (tertiary/aromatic N) is 2. The maximum absolute atomic E-state index is 14.2. The lowest BCUT2D eigenvalue weighted by Crippen LogP contribution is -2.21. The Bertz CT molecular complexity index is 1280. The minimum absolute atomic E-state index is 0.0344. The Morgan fingerprint density at radius 1 is 1.03 bits per heavy atom. The summed E-state index contributed by atoms with van der Waals surface area (Å²) in [7, 11) is 0. The van der Waals surface area contributed by atoms with Gasteiger partial charge in [0.25, 0.3) is 5.56 Å². The van der Waals surface area contributed by atoms with Crippen LogP contribution in [0.3, 0.4) is 0 Å². The molecule has 0 spiro atoms. The molecule has 31 heavy (non-hydrogen) atoms. The van der Waals surface area contributed by atoms with Gasteiger partial charge in [0.1, 0.15) is 11.6 Å². The second-order valence-corrected chi connectivity index (χ2v) is 7.76. The summed E-state index contributed by atoms with van der Waals surface area (Å²) in [5, 5.41) is 0.977. The van der Waals surface area contributed by atoms with E-state index >= 15 is 0 Å². The van der Waals surface area contributed by atoms with Crippen molar-refractivity contribution >= 4 is 34.3 Å². The van der Waals surface area contributed by atoms with E-state index in [4.69, 9.17) is 11.6 Å². The van der Waals surface area contributed by atoms with Crippen molar-refractivity contribution < 1.29 is 17.9 Å². The van der Waals surface area contributed by atoms with Gasteiger partial charge in [-0.25, -0.2) is 9.37 Å². The average molecular weight is 463 g/mol. The first-order valence-corrected chi connectivity index (χ1v) is 10.4. The fraction of sp³-hybridized carbons (Fsp3) is 0.0909. The zero-order chi connectivity index (χ0) is 22.0. The fourth-order valence-corrected chi connectivity index (χ4v) is 4.38. The molecule has 0 amide bonds. The second-order valence-electron chi connectivity index (χ2n) is 6.41. The van der Waals surface area contributed by atoms with Crippen LogP contribution in [0.5, 0.6) is 5.75 Å². The molecule has 0 aliphatic rings. The first-order chi connectivity index (χ1) is 14.9. The van der Waals surface area contributed by atoms with E-state index in [2.05, 4.69) is 9.72 Å². The van der Waals surface area contributed by atoms with Crippen LogP contribution in [0.4, 0.5) is 13.2 Å². The molecule has 9 heteroatoms. The number of benzene rings is 3. The molecule has 0 bridgehead atoms. The highest BCUT2D eigenvalue weighted by molar-refractivity contribution is 7.98. The summed E-state index contributed by atoms with van der Waals surface area (Å²) in [5.74, 6) is -0.348. The second kappa shape index (κ2) is 9.03. The molecule has 0 N–H and O–H groups in total. The van der Waals surface area contributed by atoms with Crippen LogP contribution < -0.4 is 10.3 Å². The van der Waals surface area contributed by atoms with E-state index in [1.807, 2.05) is 0 Å². The molecule has 4 aromatic rings. The lowest BCUT2D eigenvalue weighted by Gasteiger charge is -2.14. The zero-order valence-electron chi connectivity index (χ0n) is 15.8. The summed E-state index contributed by atoms with van der Waals surface area (Å²) >= 11 is 7.26. The normalized spacial score (nSPS) is 11.3. The van der Waals surface area contributed by atoms with Gasteiger partial charge in [0.15, 0.2) is 5.16 Å². The van der Waals surface area contributed by atoms with Crippen LogP contribution in [0, 0.1) is 5.82 Å². The molecule has 0 fully saturated rings. The van der Waals surface area contributed by atoms with Crippen LogP contribution in [-0.2, 0) is 5.75 Å². The Kier molecular flexibility index (Phi) is 6.20. The third-order valence-corrected chi connectivity index (χ3v) is 5.79. The standard InChI is InChI=1S/C22H14ClF3N2O2S/c23-17-5-3-6-18(24)16(17)12-31-22-27-19-7-2-1-4-15(19)20(29)28(22)13-8-10-14(11-9-13)30-21(25)26/h1-11,21H,12H2. The van der Waals surface area contributed by atoms with Gasteiger partial charge in [-0.05, 0) is 48.5 Å². The first kappa shape index (κ1) is 21.3. The Morgan fingerprint density at radius 2 is 1.77 bits per heavy atom. The van der Waals surface area contributed by atoms with E-state index in [9.17, 15) is 18.0 Å². The summed E-state index contributed by atoms with van der Waals surface area (Å²) in [4.78, 5) is 17.8. The van der Waals surface area contributed by atoms with E-state index in [-0.39, 0.29) is 22.1 Å². The summed E-state index contributed by atoms with van der Waals surface area (Å²) in [6, 6.07) is 16.9. The Hall–Kier alpha value is -2.97. The van der Waals surface area contributed by atoms with E-state index < -0.39 is 12.4 Å². The smallest absolute Gasteiger partial charge is 0.387 e. The van der Waals surface area contributed by atoms with Crippen molar-refractivity contribution in [3.8, 4) is 11.4 Å². The fourth-order valence-electron chi connectivity index (χ4n) is 3.02. The molecule has 0 saturated carbocycles. The van der Waals surface area contributed by atoms with Crippen LogP contribution in [0.25, 0.3) is 16.6 Å². The Labute approximate surface area is 184 Å². The number of alkyl halides is 2. The minimum atomic E-state index is -2.95. The van der Waals surface area contributed by atoms with E-state index in [0.29, 0.717) is 27.3 Å². The molecule has 0 aliphatic heterocycles. The molecular weight excluding hydrogens is 449 g/mol. The minimum Gasteiger partial charge on any atom is -0.435 e. The monoisotopic (exact) mass is 462 g/mol. The largest absolute Gasteiger partial charge is 0.435 e. The molecule has 0 aliphatic carbocycles. The molecule has 0 saturated heterocycles. The number of para-hydroxylation sites is 1. The maximum Gasteiger partial charge on any atom is 0.387 e. The number of halogens is 4. The van der Waals surface area contributed by atoms with Crippen LogP contribution in [0.2, 0.25) is 5.02 Å². The number of aromatic nitrogens is 2. The van der Waals surface area contributed by atoms with Crippen LogP contribution in [0.15, 0.2) is 76.7 Å². The van der Waals surface area contributed by atoms with Crippen molar-refractivity contribution in [2.24, 2.45) is 0 Å². The van der Waals surface area contributed by atoms with Crippen LogP contribution in [-0.4, -0.2) is 16.2 Å². The van der Waals surface area contributed by atoms with Gasteiger partial charge in [-0.1, -0.05) is 41.6 Å². The van der Waals surface area contributed by atoms with Crippen molar-refractivity contribution in [3.63, 3.8) is 0 Å². The summed E-state index contributed by atoms with van der Waals surface area (Å²) in [5.41, 5.74) is 0.856. The van der Waals surface area contributed by atoms with Gasteiger partial charge in [-0.2, -0.15) is 8.78 Å². The molecule has 4 rings (SSSR count). The first-order valence-electron chi connectivity index (χ1n) is 9.07. The van der Waals surface area contributed by atoms with Gasteiger partial charge < -0.3 is 4.74 Å². The van der Waals surface area contributed by atoms with Crippen molar-refractivity contribution in [2.75, 3.05) is 0 Å². The SMILES string of the molecule is O=c1c2ccccc2nc(SCc2c(F)cccc2Cl)n1-c1ccc(OC(F)F)cc1. The zero-order valence-corrected chi connectivity index (χ0v) is 17.3. The van der Waals surface area contributed by atoms with Crippen molar-refractivity contribution in [1.29, 1.82) is 0 Å². The lowest BCUT2D eigenvalue weighted by molar-refractivity contribution is -0.0498. The van der Waals surface area contributed by atoms with E-state index in [1.165, 1.54) is 41.0 Å². The molecule has 3 aromatic carbocycles. The van der Waals surface area contributed by atoms with E-state index in [1.54, 1.807) is 30.3 Å². The van der Waals surface area contributed by atoms with Gasteiger partial charge in [-0.3, -0.25) is 9.36 Å². The summed E-state index contributed by atoms with van der Waals surface area (Å²) in [6.45, 7) is -2.95. The molecule has 0 atom stereocenters. The van der Waals surface area contributed by atoms with Gasteiger partial charge in [0.05, 0.1) is 16.6 Å². The number of rotatable bonds is 6. The Balaban J connectivity index is 1.79. The highest BCUT2D eigenvalue weighted by Crippen LogP contribution is 2.29. The van der Waals surface area contributed by atoms with E-state index in [0.717, 1.165) is 11.8 Å². The van der Waals surface area contributed by atoms with Crippen molar-refractivity contribution in [1.82, 2.24) is 9.55 Å². The van der Waals surface area contributed by atoms with Gasteiger partial charge in [0, 0.05) is 16.3 Å². The van der Waals surface area contributed by atoms with Crippen molar-refractivity contribution in [3.05, 3.63) is 93.5 Å². The number of thioether (sulfide) groups is 1. The maximum atomic E-state index is 14.2. The molecule has 0 radical (unpaired) electrons. The third kappa shape index (κ3) is 4.55. The van der Waals surface area contributed by atoms with Gasteiger partial charge >= 0.3 is 6.61 Å². The number of hydrogen-bond donors (Lipinski definition) is 0. The highest BCUT2D eigenvalue weighted by Gasteiger charge is 2.16. The molecule has 1 aromatic heterocycles. The lowest BCUT2D eigenvalue weighted by atomic mass is 10.2. The Morgan fingerprint density at radius 3 is 2.48 bits per heavy atom. The summed E-state index contributed by atoms with van der Waals surface area (Å²) < 4.78 is 44.8. The number of hydrogen-bond acceptors (Lipinski definition) is 4. The highest BCUT2D eigenvalue weighted by atomic mass is 35.5. The number of fused-ring (bicyclic) bond motifs is 1. The van der Waals surface area contributed by atoms with Gasteiger partial charge in [0.2, 0.25) is 0 Å². The van der Waals surface area contributed by atoms with Crippen LogP contribution >= 0.6 is 23.4 Å². The van der Waals surface area contributed by atoms with Crippen molar-refractivity contribution in [2.45, 2.75) is 17.5 Å². The molecular formula is C22H14ClF3N2O2S. The number of ether oxygens (including phenoxy) is 1. The van der Waals surface area contributed by atoms with Gasteiger partial charge in [-0.15, -0.1) is 0 Å². The molecule has 158 valence electrons. The third-order valence-electron chi connectivity index (χ3n) is 4.47. The van der Waals surface area contributed by atoms with Crippen LogP contribution in [0.1, 0.15) is 5.56 Å². The topological polar surface area (TPSA) is 44.1 Å². The average Bonchev–Trinajstić information content (AvgIpc) is 2.74.